The molecule has 0 N–H and O–H groups in total. The summed E-state index contributed by atoms with van der Waals surface area (Å²) < 4.78 is 29.5. The first-order valence-electron chi connectivity index (χ1n) is 8.80. The van der Waals surface area contributed by atoms with Crippen molar-refractivity contribution in [1.29, 1.82) is 0 Å². The smallest absolute Gasteiger partial charge is 0.274 e. The van der Waals surface area contributed by atoms with Crippen molar-refractivity contribution in [3.05, 3.63) is 41.2 Å². The lowest BCUT2D eigenvalue weighted by atomic mass is 10.2. The molecule has 3 heterocycles. The third-order valence-corrected chi connectivity index (χ3v) is 5.80. The van der Waals surface area contributed by atoms with E-state index in [1.54, 1.807) is 9.58 Å². The maximum absolute atomic E-state index is 13.9. The third-order valence-electron chi connectivity index (χ3n) is 4.74. The van der Waals surface area contributed by atoms with Crippen molar-refractivity contribution in [3.63, 3.8) is 0 Å². The lowest BCUT2D eigenvalue weighted by Crippen LogP contribution is -2.48. The first-order chi connectivity index (χ1) is 13.0. The van der Waals surface area contributed by atoms with Crippen molar-refractivity contribution in [1.82, 2.24) is 19.7 Å². The minimum Gasteiger partial charge on any atom is -0.345 e. The number of halogens is 2. The standard InChI is InChI=1S/C18H19F2N5OS/c1-3-25-11(2)8-14(22-25)17(26)23-4-6-24(7-5-23)18-21-16-13(20)9-12(19)10-15(16)27-18/h8-10H,3-7H2,1-2H3. The van der Waals surface area contributed by atoms with Gasteiger partial charge in [-0.1, -0.05) is 11.3 Å². The molecule has 1 aliphatic heterocycles. The molecule has 0 atom stereocenters. The van der Waals surface area contributed by atoms with Crippen molar-refractivity contribution in [2.75, 3.05) is 31.1 Å². The number of amides is 1. The molecule has 4 rings (SSSR count). The predicted octanol–water partition coefficient (Wildman–Crippen LogP) is 3.06. The number of rotatable bonds is 3. The molecule has 142 valence electrons. The highest BCUT2D eigenvalue weighted by Gasteiger charge is 2.26. The van der Waals surface area contributed by atoms with Gasteiger partial charge >= 0.3 is 0 Å². The topological polar surface area (TPSA) is 54.3 Å². The molecule has 1 saturated heterocycles. The molecule has 3 aromatic rings. The maximum Gasteiger partial charge on any atom is 0.274 e. The number of piperazine rings is 1. The van der Waals surface area contributed by atoms with Crippen molar-refractivity contribution in [2.45, 2.75) is 20.4 Å². The molecule has 0 unspecified atom stereocenters. The van der Waals surface area contributed by atoms with Crippen LogP contribution in [0.25, 0.3) is 10.2 Å². The number of aromatic nitrogens is 3. The van der Waals surface area contributed by atoms with E-state index < -0.39 is 11.6 Å². The molecule has 0 bridgehead atoms. The van der Waals surface area contributed by atoms with E-state index in [9.17, 15) is 13.6 Å². The van der Waals surface area contributed by atoms with Crippen molar-refractivity contribution in [3.8, 4) is 0 Å². The average Bonchev–Trinajstić information content (AvgIpc) is 3.25. The highest BCUT2D eigenvalue weighted by molar-refractivity contribution is 7.22. The number of fused-ring (bicyclic) bond motifs is 1. The molecule has 1 aromatic carbocycles. The minimum absolute atomic E-state index is 0.0811. The SMILES string of the molecule is CCn1nc(C(=O)N2CCN(c3nc4c(F)cc(F)cc4s3)CC2)cc1C. The van der Waals surface area contributed by atoms with Crippen molar-refractivity contribution < 1.29 is 13.6 Å². The van der Waals surface area contributed by atoms with Crippen LogP contribution in [0.5, 0.6) is 0 Å². The molecule has 27 heavy (non-hydrogen) atoms. The molecular formula is C18H19F2N5OS. The Morgan fingerprint density at radius 2 is 1.93 bits per heavy atom. The van der Waals surface area contributed by atoms with Crippen LogP contribution in [0.3, 0.4) is 0 Å². The van der Waals surface area contributed by atoms with Gasteiger partial charge in [-0.3, -0.25) is 9.48 Å². The van der Waals surface area contributed by atoms with Gasteiger partial charge in [-0.2, -0.15) is 5.10 Å². The normalized spacial score (nSPS) is 15.0. The first kappa shape index (κ1) is 17.8. The van der Waals surface area contributed by atoms with Crippen LogP contribution in [0.15, 0.2) is 18.2 Å². The summed E-state index contributed by atoms with van der Waals surface area (Å²) in [6.07, 6.45) is 0. The minimum atomic E-state index is -0.650. The van der Waals surface area contributed by atoms with Gasteiger partial charge in [0.25, 0.3) is 5.91 Å². The van der Waals surface area contributed by atoms with Gasteiger partial charge in [0, 0.05) is 44.5 Å². The Bertz CT molecular complexity index is 1010. The summed E-state index contributed by atoms with van der Waals surface area (Å²) >= 11 is 1.26. The fraction of sp³-hybridized carbons (Fsp3) is 0.389. The van der Waals surface area contributed by atoms with E-state index in [1.165, 1.54) is 17.4 Å². The average molecular weight is 391 g/mol. The van der Waals surface area contributed by atoms with Crippen LogP contribution in [0.1, 0.15) is 23.1 Å². The summed E-state index contributed by atoms with van der Waals surface area (Å²) in [5, 5.41) is 5.00. The van der Waals surface area contributed by atoms with Crippen molar-refractivity contribution >= 4 is 32.6 Å². The van der Waals surface area contributed by atoms with Gasteiger partial charge in [-0.15, -0.1) is 0 Å². The predicted molar refractivity (Wildman–Crippen MR) is 100 cm³/mol. The summed E-state index contributed by atoms with van der Waals surface area (Å²) in [5.74, 6) is -1.34. The lowest BCUT2D eigenvalue weighted by molar-refractivity contribution is 0.0740. The number of thiazole rings is 1. The molecule has 1 fully saturated rings. The number of aryl methyl sites for hydroxylation is 2. The van der Waals surface area contributed by atoms with E-state index in [0.29, 0.717) is 41.7 Å². The number of hydrogen-bond acceptors (Lipinski definition) is 5. The largest absolute Gasteiger partial charge is 0.345 e. The Hall–Kier alpha value is -2.55. The third kappa shape index (κ3) is 3.27. The Kier molecular flexibility index (Phi) is 4.55. The van der Waals surface area contributed by atoms with Crippen LogP contribution < -0.4 is 4.90 Å². The van der Waals surface area contributed by atoms with Gasteiger partial charge < -0.3 is 9.80 Å². The van der Waals surface area contributed by atoms with Gasteiger partial charge in [-0.05, 0) is 26.0 Å². The fourth-order valence-corrected chi connectivity index (χ4v) is 4.33. The molecule has 2 aromatic heterocycles. The molecule has 0 saturated carbocycles. The summed E-state index contributed by atoms with van der Waals surface area (Å²) in [7, 11) is 0. The molecule has 6 nitrogen and oxygen atoms in total. The summed E-state index contributed by atoms with van der Waals surface area (Å²) in [6, 6.07) is 3.95. The number of hydrogen-bond donors (Lipinski definition) is 0. The van der Waals surface area contributed by atoms with E-state index in [4.69, 9.17) is 0 Å². The van der Waals surface area contributed by atoms with Crippen LogP contribution >= 0.6 is 11.3 Å². The monoisotopic (exact) mass is 391 g/mol. The Labute approximate surface area is 159 Å². The second-order valence-corrected chi connectivity index (χ2v) is 7.51. The Balaban J connectivity index is 1.47. The number of anilines is 1. The quantitative estimate of drug-likeness (QED) is 0.689. The molecule has 9 heteroatoms. The molecular weight excluding hydrogens is 372 g/mol. The van der Waals surface area contributed by atoms with Crippen LogP contribution in [0.2, 0.25) is 0 Å². The highest BCUT2D eigenvalue weighted by Crippen LogP contribution is 2.31. The zero-order valence-corrected chi connectivity index (χ0v) is 15.9. The van der Waals surface area contributed by atoms with Crippen LogP contribution in [-0.4, -0.2) is 51.8 Å². The highest BCUT2D eigenvalue weighted by atomic mass is 32.1. The van der Waals surface area contributed by atoms with E-state index >= 15 is 0 Å². The lowest BCUT2D eigenvalue weighted by Gasteiger charge is -2.34. The molecule has 1 aliphatic rings. The maximum atomic E-state index is 13.9. The number of nitrogens with zero attached hydrogens (tertiary/aromatic N) is 5. The van der Waals surface area contributed by atoms with Crippen LogP contribution in [0, 0.1) is 18.6 Å². The zero-order chi connectivity index (χ0) is 19.1. The first-order valence-corrected chi connectivity index (χ1v) is 9.62. The number of carbonyl (C=O) groups is 1. The Morgan fingerprint density at radius 3 is 2.59 bits per heavy atom. The summed E-state index contributed by atoms with van der Waals surface area (Å²) in [5.41, 5.74) is 1.61. The number of benzene rings is 1. The summed E-state index contributed by atoms with van der Waals surface area (Å²) in [6.45, 7) is 6.88. The van der Waals surface area contributed by atoms with Gasteiger partial charge in [-0.25, -0.2) is 13.8 Å². The summed E-state index contributed by atoms with van der Waals surface area (Å²) in [4.78, 5) is 20.8. The molecule has 0 spiro atoms. The van der Waals surface area contributed by atoms with Crippen LogP contribution in [-0.2, 0) is 6.54 Å². The molecule has 0 aliphatic carbocycles. The van der Waals surface area contributed by atoms with Crippen molar-refractivity contribution in [2.24, 2.45) is 0 Å². The Morgan fingerprint density at radius 1 is 1.19 bits per heavy atom. The van der Waals surface area contributed by atoms with Gasteiger partial charge in [0.1, 0.15) is 11.3 Å². The van der Waals surface area contributed by atoms with Gasteiger partial charge in [0.15, 0.2) is 16.6 Å². The van der Waals surface area contributed by atoms with E-state index in [-0.39, 0.29) is 11.4 Å². The zero-order valence-electron chi connectivity index (χ0n) is 15.1. The van der Waals surface area contributed by atoms with Crippen LogP contribution in [0.4, 0.5) is 13.9 Å². The van der Waals surface area contributed by atoms with E-state index in [0.717, 1.165) is 18.3 Å². The molecule has 0 radical (unpaired) electrons. The van der Waals surface area contributed by atoms with Gasteiger partial charge in [0.2, 0.25) is 0 Å². The number of carbonyl (C=O) groups excluding carboxylic acids is 1. The van der Waals surface area contributed by atoms with E-state index in [1.807, 2.05) is 24.8 Å². The second-order valence-electron chi connectivity index (χ2n) is 6.50. The molecule has 1 amide bonds. The fourth-order valence-electron chi connectivity index (χ4n) is 3.28. The van der Waals surface area contributed by atoms with Gasteiger partial charge in [0.05, 0.1) is 4.70 Å². The van der Waals surface area contributed by atoms with E-state index in [2.05, 4.69) is 10.1 Å². The second kappa shape index (κ2) is 6.88.